The Morgan fingerprint density at radius 3 is 2.47 bits per heavy atom. The number of hydrogen-bond donors (Lipinski definition) is 0. The van der Waals surface area contributed by atoms with E-state index in [-0.39, 0.29) is 11.9 Å². The Kier molecular flexibility index (Phi) is 5.48. The zero-order valence-corrected chi connectivity index (χ0v) is 20.2. The van der Waals surface area contributed by atoms with Gasteiger partial charge in [-0.05, 0) is 31.2 Å². The van der Waals surface area contributed by atoms with Gasteiger partial charge in [-0.1, -0.05) is 54.6 Å². The smallest absolute Gasteiger partial charge is 0.257 e. The van der Waals surface area contributed by atoms with Crippen LogP contribution >= 0.6 is 0 Å². The van der Waals surface area contributed by atoms with Gasteiger partial charge in [0.05, 0.1) is 18.2 Å². The third-order valence-corrected chi connectivity index (χ3v) is 6.77. The SMILES string of the molecule is COc1ccccc1C(=O)N1CCN(c2nc3ccccc3c3nnc(-c4ccccc4)n23)CC1C. The van der Waals surface area contributed by atoms with Crippen LogP contribution in [0, 0.1) is 0 Å². The van der Waals surface area contributed by atoms with Crippen LogP contribution in [0.3, 0.4) is 0 Å². The summed E-state index contributed by atoms with van der Waals surface area (Å²) in [5, 5.41) is 10.1. The van der Waals surface area contributed by atoms with E-state index in [0.29, 0.717) is 30.9 Å². The Morgan fingerprint density at radius 1 is 0.917 bits per heavy atom. The maximum atomic E-state index is 13.4. The monoisotopic (exact) mass is 478 g/mol. The van der Waals surface area contributed by atoms with E-state index in [2.05, 4.69) is 22.0 Å². The number of carbonyl (C=O) groups is 1. The molecule has 1 unspecified atom stereocenters. The molecule has 0 spiro atoms. The number of para-hydroxylation sites is 2. The number of anilines is 1. The first-order valence-corrected chi connectivity index (χ1v) is 12.0. The molecule has 36 heavy (non-hydrogen) atoms. The molecule has 2 aromatic heterocycles. The number of fused-ring (bicyclic) bond motifs is 3. The fourth-order valence-electron chi connectivity index (χ4n) is 4.97. The molecule has 8 heteroatoms. The van der Waals surface area contributed by atoms with E-state index in [0.717, 1.165) is 33.9 Å². The molecule has 6 rings (SSSR count). The molecule has 5 aromatic rings. The van der Waals surface area contributed by atoms with Crippen LogP contribution < -0.4 is 9.64 Å². The summed E-state index contributed by atoms with van der Waals surface area (Å²) in [5.74, 6) is 2.10. The summed E-state index contributed by atoms with van der Waals surface area (Å²) in [5.41, 5.74) is 3.19. The predicted octanol–water partition coefficient (Wildman–Crippen LogP) is 4.30. The van der Waals surface area contributed by atoms with Crippen molar-refractivity contribution in [3.8, 4) is 17.1 Å². The fourth-order valence-corrected chi connectivity index (χ4v) is 4.97. The summed E-state index contributed by atoms with van der Waals surface area (Å²) in [6, 6.07) is 25.4. The van der Waals surface area contributed by atoms with Gasteiger partial charge >= 0.3 is 0 Å². The van der Waals surface area contributed by atoms with Crippen molar-refractivity contribution < 1.29 is 9.53 Å². The van der Waals surface area contributed by atoms with Crippen LogP contribution in [0.4, 0.5) is 5.95 Å². The summed E-state index contributed by atoms with van der Waals surface area (Å²) in [7, 11) is 1.59. The van der Waals surface area contributed by atoms with Gasteiger partial charge in [-0.2, -0.15) is 0 Å². The highest BCUT2D eigenvalue weighted by atomic mass is 16.5. The molecule has 1 aliphatic heterocycles. The minimum absolute atomic E-state index is 0.0227. The molecule has 3 heterocycles. The number of hydrogen-bond acceptors (Lipinski definition) is 6. The Morgan fingerprint density at radius 2 is 1.67 bits per heavy atom. The highest BCUT2D eigenvalue weighted by Gasteiger charge is 2.32. The quantitative estimate of drug-likeness (QED) is 0.383. The van der Waals surface area contributed by atoms with Gasteiger partial charge in [0, 0.05) is 36.6 Å². The van der Waals surface area contributed by atoms with Crippen LogP contribution in [0.25, 0.3) is 27.9 Å². The number of benzene rings is 3. The number of carbonyl (C=O) groups excluding carboxylic acids is 1. The van der Waals surface area contributed by atoms with Crippen molar-refractivity contribution in [2.24, 2.45) is 0 Å². The van der Waals surface area contributed by atoms with E-state index >= 15 is 0 Å². The van der Waals surface area contributed by atoms with Gasteiger partial charge in [0.1, 0.15) is 5.75 Å². The van der Waals surface area contributed by atoms with Crippen LogP contribution in [0.2, 0.25) is 0 Å². The van der Waals surface area contributed by atoms with Crippen molar-refractivity contribution in [2.45, 2.75) is 13.0 Å². The Balaban J connectivity index is 1.40. The van der Waals surface area contributed by atoms with Crippen molar-refractivity contribution in [2.75, 3.05) is 31.6 Å². The second-order valence-electron chi connectivity index (χ2n) is 8.97. The molecule has 1 aliphatic rings. The summed E-state index contributed by atoms with van der Waals surface area (Å²) >= 11 is 0. The first-order chi connectivity index (χ1) is 17.7. The van der Waals surface area contributed by atoms with E-state index < -0.39 is 0 Å². The van der Waals surface area contributed by atoms with Crippen LogP contribution in [0.15, 0.2) is 78.9 Å². The van der Waals surface area contributed by atoms with Gasteiger partial charge in [-0.3, -0.25) is 4.79 Å². The first-order valence-electron chi connectivity index (χ1n) is 12.0. The van der Waals surface area contributed by atoms with Gasteiger partial charge in [-0.25, -0.2) is 9.38 Å². The third-order valence-electron chi connectivity index (χ3n) is 6.77. The average Bonchev–Trinajstić information content (AvgIpc) is 3.38. The van der Waals surface area contributed by atoms with Crippen LogP contribution in [-0.2, 0) is 0 Å². The highest BCUT2D eigenvalue weighted by Crippen LogP contribution is 2.30. The van der Waals surface area contributed by atoms with E-state index in [1.54, 1.807) is 7.11 Å². The molecule has 1 atom stereocenters. The number of rotatable bonds is 4. The van der Waals surface area contributed by atoms with Gasteiger partial charge < -0.3 is 14.5 Å². The first kappa shape index (κ1) is 22.0. The molecular weight excluding hydrogens is 452 g/mol. The highest BCUT2D eigenvalue weighted by molar-refractivity contribution is 5.97. The Bertz CT molecular complexity index is 1560. The molecule has 0 saturated carbocycles. The van der Waals surface area contributed by atoms with E-state index in [9.17, 15) is 4.79 Å². The van der Waals surface area contributed by atoms with Gasteiger partial charge in [0.25, 0.3) is 5.91 Å². The number of amides is 1. The van der Waals surface area contributed by atoms with Gasteiger partial charge in [0.2, 0.25) is 5.95 Å². The minimum Gasteiger partial charge on any atom is -0.496 e. The Hall–Kier alpha value is -4.46. The number of ether oxygens (including phenoxy) is 1. The van der Waals surface area contributed by atoms with E-state index in [1.807, 2.05) is 88.2 Å². The second-order valence-corrected chi connectivity index (χ2v) is 8.97. The maximum absolute atomic E-state index is 13.4. The molecule has 180 valence electrons. The molecule has 8 nitrogen and oxygen atoms in total. The molecule has 0 aliphatic carbocycles. The lowest BCUT2D eigenvalue weighted by Gasteiger charge is -2.40. The minimum atomic E-state index is -0.0314. The standard InChI is InChI=1S/C28H26N6O2/c1-19-18-32(16-17-33(19)27(35)22-13-7-9-15-24(22)36-2)28-29-23-14-8-6-12-21(23)26-31-30-25(34(26)28)20-10-4-3-5-11-20/h3-15,19H,16-18H2,1-2H3. The molecule has 0 radical (unpaired) electrons. The normalized spacial score (nSPS) is 16.0. The summed E-state index contributed by atoms with van der Waals surface area (Å²) < 4.78 is 7.48. The third kappa shape index (κ3) is 3.62. The van der Waals surface area contributed by atoms with Gasteiger partial charge in [-0.15, -0.1) is 10.2 Å². The summed E-state index contributed by atoms with van der Waals surface area (Å²) in [4.78, 5) is 22.6. The van der Waals surface area contributed by atoms with E-state index in [4.69, 9.17) is 9.72 Å². The molecule has 1 fully saturated rings. The summed E-state index contributed by atoms with van der Waals surface area (Å²) in [6.45, 7) is 3.91. The second kappa shape index (κ2) is 8.96. The van der Waals surface area contributed by atoms with Crippen molar-refractivity contribution >= 4 is 28.4 Å². The van der Waals surface area contributed by atoms with Crippen LogP contribution in [-0.4, -0.2) is 63.2 Å². The number of methoxy groups -OCH3 is 1. The van der Waals surface area contributed by atoms with Crippen molar-refractivity contribution in [3.63, 3.8) is 0 Å². The predicted molar refractivity (Wildman–Crippen MR) is 139 cm³/mol. The largest absolute Gasteiger partial charge is 0.496 e. The lowest BCUT2D eigenvalue weighted by atomic mass is 10.1. The lowest BCUT2D eigenvalue weighted by Crippen LogP contribution is -2.54. The topological polar surface area (TPSA) is 75.9 Å². The molecule has 0 N–H and O–H groups in total. The van der Waals surface area contributed by atoms with Crippen LogP contribution in [0.5, 0.6) is 5.75 Å². The van der Waals surface area contributed by atoms with Crippen molar-refractivity contribution in [1.29, 1.82) is 0 Å². The van der Waals surface area contributed by atoms with Gasteiger partial charge in [0.15, 0.2) is 11.5 Å². The van der Waals surface area contributed by atoms with Crippen LogP contribution in [0.1, 0.15) is 17.3 Å². The molecule has 1 saturated heterocycles. The maximum Gasteiger partial charge on any atom is 0.257 e. The average molecular weight is 479 g/mol. The van der Waals surface area contributed by atoms with E-state index in [1.165, 1.54) is 0 Å². The number of nitrogens with zero attached hydrogens (tertiary/aromatic N) is 6. The van der Waals surface area contributed by atoms with Crippen molar-refractivity contribution in [3.05, 3.63) is 84.4 Å². The number of aromatic nitrogens is 4. The molecular formula is C28H26N6O2. The van der Waals surface area contributed by atoms with Crippen molar-refractivity contribution in [1.82, 2.24) is 24.5 Å². The number of piperazine rings is 1. The molecule has 3 aromatic carbocycles. The Labute approximate surface area is 208 Å². The summed E-state index contributed by atoms with van der Waals surface area (Å²) in [6.07, 6.45) is 0. The fraction of sp³-hybridized carbons (Fsp3) is 0.214. The zero-order valence-electron chi connectivity index (χ0n) is 20.2. The lowest BCUT2D eigenvalue weighted by molar-refractivity contribution is 0.0670. The zero-order chi connectivity index (χ0) is 24.6. The molecule has 0 bridgehead atoms. The molecule has 1 amide bonds.